The van der Waals surface area contributed by atoms with Crippen molar-refractivity contribution in [3.63, 3.8) is 0 Å². The van der Waals surface area contributed by atoms with E-state index in [0.717, 1.165) is 11.1 Å². The van der Waals surface area contributed by atoms with Crippen molar-refractivity contribution < 1.29 is 14.0 Å². The lowest BCUT2D eigenvalue weighted by Gasteiger charge is -2.38. The molecule has 0 aliphatic carbocycles. The van der Waals surface area contributed by atoms with Crippen LogP contribution in [0.15, 0.2) is 48.5 Å². The van der Waals surface area contributed by atoms with Gasteiger partial charge in [0.15, 0.2) is 8.32 Å². The van der Waals surface area contributed by atoms with Gasteiger partial charge in [0, 0.05) is 6.42 Å². The molecule has 1 amide bonds. The zero-order valence-corrected chi connectivity index (χ0v) is 19.9. The van der Waals surface area contributed by atoms with Crippen LogP contribution >= 0.6 is 15.9 Å². The van der Waals surface area contributed by atoms with Crippen LogP contribution in [0.2, 0.25) is 18.1 Å². The van der Waals surface area contributed by atoms with Gasteiger partial charge in [-0.05, 0) is 41.4 Å². The number of carbonyl (C=O) groups excluding carboxylic acids is 1. The molecule has 0 bridgehead atoms. The molecule has 0 aromatic heterocycles. The van der Waals surface area contributed by atoms with E-state index in [1.165, 1.54) is 0 Å². The summed E-state index contributed by atoms with van der Waals surface area (Å²) in [5.41, 5.74) is 2.80. The standard InChI is InChI=1S/C22H30BrNO3Si/c1-22(2,3)28(4,5)27-21(23)14-18-11-12-20(19(13-18)24-16-25)26-15-17-9-7-6-8-10-17/h6-13,16,21H,14-15H2,1-5H3,(H,24,25)/t21-/m0/s1. The van der Waals surface area contributed by atoms with Crippen LogP contribution in [0.3, 0.4) is 0 Å². The van der Waals surface area contributed by atoms with Gasteiger partial charge in [-0.25, -0.2) is 0 Å². The molecule has 6 heteroatoms. The summed E-state index contributed by atoms with van der Waals surface area (Å²) in [6.45, 7) is 11.6. The maximum atomic E-state index is 11.0. The van der Waals surface area contributed by atoms with E-state index in [1.54, 1.807) is 0 Å². The highest BCUT2D eigenvalue weighted by Crippen LogP contribution is 2.38. The molecule has 1 N–H and O–H groups in total. The van der Waals surface area contributed by atoms with Crippen LogP contribution in [-0.4, -0.2) is 19.7 Å². The van der Waals surface area contributed by atoms with Crippen LogP contribution in [0.4, 0.5) is 5.69 Å². The normalized spacial score (nSPS) is 13.1. The fourth-order valence-corrected chi connectivity index (χ4v) is 5.32. The Balaban J connectivity index is 2.07. The number of benzene rings is 2. The molecular formula is C22H30BrNO3Si. The first kappa shape index (κ1) is 22.7. The van der Waals surface area contributed by atoms with Crippen molar-refractivity contribution in [1.29, 1.82) is 0 Å². The fourth-order valence-electron chi connectivity index (χ4n) is 2.47. The van der Waals surface area contributed by atoms with Gasteiger partial charge in [-0.3, -0.25) is 4.79 Å². The van der Waals surface area contributed by atoms with Gasteiger partial charge in [-0.2, -0.15) is 0 Å². The van der Waals surface area contributed by atoms with E-state index in [9.17, 15) is 4.79 Å². The average molecular weight is 464 g/mol. The van der Waals surface area contributed by atoms with Gasteiger partial charge in [-0.1, -0.05) is 73.1 Å². The predicted molar refractivity (Wildman–Crippen MR) is 122 cm³/mol. The monoisotopic (exact) mass is 463 g/mol. The molecule has 2 rings (SSSR count). The fraction of sp³-hybridized carbons (Fsp3) is 0.409. The van der Waals surface area contributed by atoms with Gasteiger partial charge in [0.1, 0.15) is 17.4 Å². The molecule has 0 aliphatic rings. The Labute approximate surface area is 177 Å². The topological polar surface area (TPSA) is 47.6 Å². The molecule has 0 spiro atoms. The Bertz CT molecular complexity index is 775. The van der Waals surface area contributed by atoms with Gasteiger partial charge < -0.3 is 14.5 Å². The van der Waals surface area contributed by atoms with E-state index in [4.69, 9.17) is 9.16 Å². The van der Waals surface area contributed by atoms with Crippen LogP contribution in [-0.2, 0) is 22.2 Å². The molecule has 0 saturated heterocycles. The highest BCUT2D eigenvalue weighted by Gasteiger charge is 2.38. The number of carbonyl (C=O) groups is 1. The van der Waals surface area contributed by atoms with Crippen molar-refractivity contribution in [3.05, 3.63) is 59.7 Å². The second kappa shape index (κ2) is 9.72. The number of rotatable bonds is 9. The lowest BCUT2D eigenvalue weighted by Crippen LogP contribution is -2.43. The van der Waals surface area contributed by atoms with E-state index in [0.29, 0.717) is 30.9 Å². The average Bonchev–Trinajstić information content (AvgIpc) is 2.60. The van der Waals surface area contributed by atoms with Gasteiger partial charge in [0.25, 0.3) is 0 Å². The molecule has 0 fully saturated rings. The SMILES string of the molecule is CC(C)(C)[Si](C)(C)O[C@H](Br)Cc1ccc(OCc2ccccc2)c(NC=O)c1. The molecule has 2 aromatic carbocycles. The molecule has 152 valence electrons. The smallest absolute Gasteiger partial charge is 0.211 e. The van der Waals surface area contributed by atoms with Crippen molar-refractivity contribution >= 4 is 36.3 Å². The van der Waals surface area contributed by atoms with Gasteiger partial charge in [0.05, 0.1) is 5.69 Å². The van der Waals surface area contributed by atoms with Crippen molar-refractivity contribution in [2.75, 3.05) is 5.32 Å². The van der Waals surface area contributed by atoms with E-state index in [1.807, 2.05) is 48.5 Å². The minimum Gasteiger partial charge on any atom is -0.487 e. The van der Waals surface area contributed by atoms with E-state index >= 15 is 0 Å². The predicted octanol–water partition coefficient (Wildman–Crippen LogP) is 6.12. The number of halogens is 1. The summed E-state index contributed by atoms with van der Waals surface area (Å²) >= 11 is 3.68. The summed E-state index contributed by atoms with van der Waals surface area (Å²) in [6, 6.07) is 15.8. The third-order valence-corrected chi connectivity index (χ3v) is 10.5. The lowest BCUT2D eigenvalue weighted by molar-refractivity contribution is -0.105. The summed E-state index contributed by atoms with van der Waals surface area (Å²) < 4.78 is 12.3. The molecule has 1 atom stereocenters. The van der Waals surface area contributed by atoms with Gasteiger partial charge in [0.2, 0.25) is 6.41 Å². The molecule has 2 aromatic rings. The first-order valence-electron chi connectivity index (χ1n) is 9.44. The highest BCUT2D eigenvalue weighted by molar-refractivity contribution is 9.09. The van der Waals surface area contributed by atoms with Crippen LogP contribution in [0, 0.1) is 0 Å². The minimum absolute atomic E-state index is 0.0754. The Hall–Kier alpha value is -1.63. The molecule has 0 saturated carbocycles. The van der Waals surface area contributed by atoms with E-state index in [2.05, 4.69) is 55.1 Å². The number of alkyl halides is 1. The quantitative estimate of drug-likeness (QED) is 0.276. The molecule has 0 aliphatic heterocycles. The van der Waals surface area contributed by atoms with Crippen molar-refractivity contribution in [3.8, 4) is 5.75 Å². The molecular weight excluding hydrogens is 434 g/mol. The molecule has 0 unspecified atom stereocenters. The Morgan fingerprint density at radius 1 is 1.11 bits per heavy atom. The van der Waals surface area contributed by atoms with Crippen LogP contribution in [0.1, 0.15) is 31.9 Å². The Morgan fingerprint density at radius 3 is 2.39 bits per heavy atom. The lowest BCUT2D eigenvalue weighted by atomic mass is 10.1. The maximum absolute atomic E-state index is 11.0. The largest absolute Gasteiger partial charge is 0.487 e. The Kier molecular flexibility index (Phi) is 7.86. The summed E-state index contributed by atoms with van der Waals surface area (Å²) in [7, 11) is -1.86. The third-order valence-electron chi connectivity index (χ3n) is 5.12. The van der Waals surface area contributed by atoms with Crippen LogP contribution in [0.5, 0.6) is 5.75 Å². The highest BCUT2D eigenvalue weighted by atomic mass is 79.9. The first-order valence-corrected chi connectivity index (χ1v) is 13.3. The zero-order chi connectivity index (χ0) is 20.8. The van der Waals surface area contributed by atoms with Crippen LogP contribution in [0.25, 0.3) is 0 Å². The van der Waals surface area contributed by atoms with Gasteiger partial charge in [-0.15, -0.1) is 0 Å². The number of nitrogens with one attached hydrogen (secondary N) is 1. The second-order valence-corrected chi connectivity index (χ2v) is 14.1. The number of hydrogen-bond acceptors (Lipinski definition) is 3. The first-order chi connectivity index (χ1) is 13.1. The Morgan fingerprint density at radius 2 is 1.79 bits per heavy atom. The minimum atomic E-state index is -1.86. The van der Waals surface area contributed by atoms with Crippen molar-refractivity contribution in [1.82, 2.24) is 0 Å². The van der Waals surface area contributed by atoms with Crippen molar-refractivity contribution in [2.45, 2.75) is 56.9 Å². The number of amides is 1. The molecule has 4 nitrogen and oxygen atoms in total. The third kappa shape index (κ3) is 6.46. The second-order valence-electron chi connectivity index (χ2n) is 8.36. The van der Waals surface area contributed by atoms with E-state index < -0.39 is 8.32 Å². The molecule has 28 heavy (non-hydrogen) atoms. The van der Waals surface area contributed by atoms with E-state index in [-0.39, 0.29) is 10.1 Å². The summed E-state index contributed by atoms with van der Waals surface area (Å²) in [6.07, 6.45) is 1.38. The van der Waals surface area contributed by atoms with Crippen LogP contribution < -0.4 is 10.1 Å². The number of anilines is 1. The number of ether oxygens (including phenoxy) is 1. The molecule has 0 radical (unpaired) electrons. The number of hydrogen-bond donors (Lipinski definition) is 1. The summed E-state index contributed by atoms with van der Waals surface area (Å²) in [4.78, 5) is 11.0. The zero-order valence-electron chi connectivity index (χ0n) is 17.3. The van der Waals surface area contributed by atoms with Gasteiger partial charge >= 0.3 is 0 Å². The maximum Gasteiger partial charge on any atom is 0.211 e. The van der Waals surface area contributed by atoms with Crippen molar-refractivity contribution in [2.24, 2.45) is 0 Å². The summed E-state index contributed by atoms with van der Waals surface area (Å²) in [5.74, 6) is 0.649. The summed E-state index contributed by atoms with van der Waals surface area (Å²) in [5, 5.41) is 2.82. The molecule has 0 heterocycles.